The van der Waals surface area contributed by atoms with Crippen molar-refractivity contribution in [3.8, 4) is 5.75 Å². The largest absolute Gasteiger partial charge is 0.496 e. The topological polar surface area (TPSA) is 41.6 Å². The average molecular weight is 288 g/mol. The van der Waals surface area contributed by atoms with E-state index in [0.717, 1.165) is 30.7 Å². The second-order valence-electron chi connectivity index (χ2n) is 6.36. The molecule has 0 aromatic heterocycles. The molecule has 1 unspecified atom stereocenters. The van der Waals surface area contributed by atoms with Crippen molar-refractivity contribution in [3.05, 3.63) is 29.8 Å². The van der Waals surface area contributed by atoms with Gasteiger partial charge in [0.25, 0.3) is 0 Å². The van der Waals surface area contributed by atoms with Gasteiger partial charge < -0.3 is 15.0 Å². The van der Waals surface area contributed by atoms with Gasteiger partial charge in [0.05, 0.1) is 18.6 Å². The number of nitrogens with one attached hydrogen (secondary N) is 1. The molecule has 4 nitrogen and oxygen atoms in total. The van der Waals surface area contributed by atoms with Crippen LogP contribution < -0.4 is 10.1 Å². The highest BCUT2D eigenvalue weighted by atomic mass is 16.5. The van der Waals surface area contributed by atoms with Gasteiger partial charge in [-0.05, 0) is 45.3 Å². The smallest absolute Gasteiger partial charge is 0.227 e. The molecule has 1 atom stereocenters. The minimum atomic E-state index is -0.185. The molecule has 114 valence electrons. The molecule has 1 heterocycles. The Morgan fingerprint density at radius 3 is 2.67 bits per heavy atom. The summed E-state index contributed by atoms with van der Waals surface area (Å²) in [7, 11) is 1.65. The van der Waals surface area contributed by atoms with Crippen LogP contribution in [0.1, 0.15) is 37.7 Å². The van der Waals surface area contributed by atoms with Gasteiger partial charge in [-0.15, -0.1) is 0 Å². The molecule has 1 aromatic carbocycles. The lowest BCUT2D eigenvalue weighted by Gasteiger charge is -2.35. The molecule has 4 heteroatoms. The highest BCUT2D eigenvalue weighted by Crippen LogP contribution is 2.38. The van der Waals surface area contributed by atoms with Gasteiger partial charge in [0.15, 0.2) is 0 Å². The van der Waals surface area contributed by atoms with Crippen LogP contribution in [-0.2, 0) is 4.79 Å². The van der Waals surface area contributed by atoms with Crippen LogP contribution in [0.5, 0.6) is 5.75 Å². The number of hydrogen-bond acceptors (Lipinski definition) is 3. The van der Waals surface area contributed by atoms with Gasteiger partial charge >= 0.3 is 0 Å². The Balaban J connectivity index is 1.64. The van der Waals surface area contributed by atoms with E-state index < -0.39 is 0 Å². The number of carbonyl (C=O) groups excluding carboxylic acids is 1. The average Bonchev–Trinajstić information content (AvgIpc) is 3.22. The van der Waals surface area contributed by atoms with Crippen molar-refractivity contribution in [1.29, 1.82) is 0 Å². The van der Waals surface area contributed by atoms with Crippen LogP contribution in [0.4, 0.5) is 0 Å². The van der Waals surface area contributed by atoms with E-state index in [1.54, 1.807) is 7.11 Å². The Labute approximate surface area is 126 Å². The molecule has 1 saturated heterocycles. The van der Waals surface area contributed by atoms with Gasteiger partial charge in [-0.25, -0.2) is 0 Å². The summed E-state index contributed by atoms with van der Waals surface area (Å²) in [6.07, 6.45) is 3.50. The first-order valence-corrected chi connectivity index (χ1v) is 7.81. The first kappa shape index (κ1) is 14.4. The van der Waals surface area contributed by atoms with Gasteiger partial charge in [0.2, 0.25) is 5.91 Å². The number of amides is 1. The number of nitrogens with zero attached hydrogens (tertiary/aromatic N) is 1. The molecule has 1 amide bonds. The van der Waals surface area contributed by atoms with Crippen molar-refractivity contribution in [3.63, 3.8) is 0 Å². The molecule has 1 aliphatic carbocycles. The number of likely N-dealkylation sites (tertiary alicyclic amines) is 1. The van der Waals surface area contributed by atoms with Crippen molar-refractivity contribution in [2.45, 2.75) is 37.6 Å². The molecule has 0 spiro atoms. The molecule has 0 bridgehead atoms. The molecule has 1 saturated carbocycles. The molecule has 1 aromatic rings. The second-order valence-corrected chi connectivity index (χ2v) is 6.36. The van der Waals surface area contributed by atoms with E-state index in [0.29, 0.717) is 0 Å². The molecule has 3 rings (SSSR count). The zero-order valence-electron chi connectivity index (χ0n) is 12.9. The standard InChI is InChI=1S/C17H24N2O2/c1-13(14-6-3-4-7-15(14)21-2)16(20)18-17(8-9-17)12-19-10-5-11-19/h3-4,6-7,13H,5,8-12H2,1-2H3,(H,18,20). The van der Waals surface area contributed by atoms with Crippen molar-refractivity contribution in [2.24, 2.45) is 0 Å². The Bertz CT molecular complexity index is 521. The van der Waals surface area contributed by atoms with Crippen LogP contribution in [0.2, 0.25) is 0 Å². The first-order chi connectivity index (χ1) is 10.1. The summed E-state index contributed by atoms with van der Waals surface area (Å²) in [6, 6.07) is 7.76. The van der Waals surface area contributed by atoms with Crippen LogP contribution in [0.25, 0.3) is 0 Å². The molecule has 1 N–H and O–H groups in total. The summed E-state index contributed by atoms with van der Waals surface area (Å²) < 4.78 is 5.37. The van der Waals surface area contributed by atoms with Crippen LogP contribution in [0, 0.1) is 0 Å². The quantitative estimate of drug-likeness (QED) is 0.872. The summed E-state index contributed by atoms with van der Waals surface area (Å²) in [5.41, 5.74) is 0.991. The maximum absolute atomic E-state index is 12.6. The summed E-state index contributed by atoms with van der Waals surface area (Å²) in [5, 5.41) is 3.28. The lowest BCUT2D eigenvalue weighted by molar-refractivity contribution is -0.123. The van der Waals surface area contributed by atoms with E-state index in [-0.39, 0.29) is 17.4 Å². The number of benzene rings is 1. The molecule has 0 radical (unpaired) electrons. The summed E-state index contributed by atoms with van der Waals surface area (Å²) in [4.78, 5) is 15.0. The minimum absolute atomic E-state index is 0.0355. The fraction of sp³-hybridized carbons (Fsp3) is 0.588. The number of carbonyl (C=O) groups is 1. The molecule has 2 fully saturated rings. The normalized spacial score (nSPS) is 21.2. The van der Waals surface area contributed by atoms with Crippen molar-refractivity contribution in [1.82, 2.24) is 10.2 Å². The summed E-state index contributed by atoms with van der Waals surface area (Å²) >= 11 is 0. The molecule has 1 aliphatic heterocycles. The van der Waals surface area contributed by atoms with Crippen molar-refractivity contribution in [2.75, 3.05) is 26.7 Å². The maximum atomic E-state index is 12.6. The fourth-order valence-corrected chi connectivity index (χ4v) is 2.98. The van der Waals surface area contributed by atoms with Crippen LogP contribution in [0.3, 0.4) is 0 Å². The van der Waals surface area contributed by atoms with Crippen molar-refractivity contribution < 1.29 is 9.53 Å². The lowest BCUT2D eigenvalue weighted by atomic mass is 9.98. The van der Waals surface area contributed by atoms with Gasteiger partial charge in [0.1, 0.15) is 5.75 Å². The zero-order chi connectivity index (χ0) is 14.9. The van der Waals surface area contributed by atoms with Gasteiger partial charge in [-0.3, -0.25) is 4.79 Å². The third-order valence-electron chi connectivity index (χ3n) is 4.72. The Morgan fingerprint density at radius 2 is 2.10 bits per heavy atom. The SMILES string of the molecule is COc1ccccc1C(C)C(=O)NC1(CN2CCC2)CC1. The molecule has 21 heavy (non-hydrogen) atoms. The van der Waals surface area contributed by atoms with E-state index in [1.807, 2.05) is 31.2 Å². The summed E-state index contributed by atoms with van der Waals surface area (Å²) in [5.74, 6) is 0.709. The predicted octanol–water partition coefficient (Wildman–Crippen LogP) is 2.15. The van der Waals surface area contributed by atoms with Crippen LogP contribution in [0.15, 0.2) is 24.3 Å². The predicted molar refractivity (Wildman–Crippen MR) is 82.6 cm³/mol. The third kappa shape index (κ3) is 3.05. The second kappa shape index (κ2) is 5.68. The Kier molecular flexibility index (Phi) is 3.89. The highest BCUT2D eigenvalue weighted by Gasteiger charge is 2.46. The van der Waals surface area contributed by atoms with E-state index in [1.165, 1.54) is 19.5 Å². The number of ether oxygens (including phenoxy) is 1. The van der Waals surface area contributed by atoms with E-state index in [9.17, 15) is 4.79 Å². The number of rotatable bonds is 6. The maximum Gasteiger partial charge on any atom is 0.227 e. The number of methoxy groups -OCH3 is 1. The Hall–Kier alpha value is -1.55. The van der Waals surface area contributed by atoms with Crippen molar-refractivity contribution >= 4 is 5.91 Å². The Morgan fingerprint density at radius 1 is 1.38 bits per heavy atom. The van der Waals surface area contributed by atoms with E-state index in [2.05, 4.69) is 10.2 Å². The fourth-order valence-electron chi connectivity index (χ4n) is 2.98. The van der Waals surface area contributed by atoms with Crippen LogP contribution in [-0.4, -0.2) is 43.1 Å². The molecular formula is C17H24N2O2. The molecule has 2 aliphatic rings. The minimum Gasteiger partial charge on any atom is -0.496 e. The lowest BCUT2D eigenvalue weighted by Crippen LogP contribution is -2.50. The van der Waals surface area contributed by atoms with Gasteiger partial charge in [-0.2, -0.15) is 0 Å². The van der Waals surface area contributed by atoms with E-state index in [4.69, 9.17) is 4.74 Å². The summed E-state index contributed by atoms with van der Waals surface area (Å²) in [6.45, 7) is 5.32. The van der Waals surface area contributed by atoms with Gasteiger partial charge in [-0.1, -0.05) is 18.2 Å². The first-order valence-electron chi connectivity index (χ1n) is 7.81. The number of hydrogen-bond donors (Lipinski definition) is 1. The number of para-hydroxylation sites is 1. The van der Waals surface area contributed by atoms with E-state index >= 15 is 0 Å². The zero-order valence-corrected chi connectivity index (χ0v) is 12.9. The highest BCUT2D eigenvalue weighted by molar-refractivity contribution is 5.85. The van der Waals surface area contributed by atoms with Gasteiger partial charge in [0, 0.05) is 12.1 Å². The molecular weight excluding hydrogens is 264 g/mol. The van der Waals surface area contributed by atoms with Crippen LogP contribution >= 0.6 is 0 Å². The monoisotopic (exact) mass is 288 g/mol. The third-order valence-corrected chi connectivity index (χ3v) is 4.72.